The fourth-order valence-corrected chi connectivity index (χ4v) is 2.20. The van der Waals surface area contributed by atoms with Gasteiger partial charge in [-0.05, 0) is 6.92 Å². The van der Waals surface area contributed by atoms with Gasteiger partial charge in [-0.25, -0.2) is 4.98 Å². The second kappa shape index (κ2) is 5.54. The number of amides is 1. The van der Waals surface area contributed by atoms with Crippen molar-refractivity contribution >= 4 is 22.4 Å². The average molecular weight is 257 g/mol. The minimum Gasteiger partial charge on any atom is -0.376 e. The normalized spacial score (nSPS) is 22.1. The molecule has 6 nitrogen and oxygen atoms in total. The molecule has 0 bridgehead atoms. The molecule has 1 saturated heterocycles. The number of hydrogen-bond donors (Lipinski definition) is 2. The van der Waals surface area contributed by atoms with Crippen molar-refractivity contribution in [3.63, 3.8) is 0 Å². The van der Waals surface area contributed by atoms with E-state index in [0.29, 0.717) is 18.3 Å². The van der Waals surface area contributed by atoms with Crippen molar-refractivity contribution in [1.29, 1.82) is 0 Å². The van der Waals surface area contributed by atoms with Crippen LogP contribution in [0, 0.1) is 0 Å². The fraction of sp³-hybridized carbons (Fsp3) is 0.600. The van der Waals surface area contributed by atoms with Crippen LogP contribution in [0.3, 0.4) is 0 Å². The molecule has 3 N–H and O–H groups in total. The first kappa shape index (κ1) is 12.4. The number of ether oxygens (including phenoxy) is 2. The molecule has 2 unspecified atom stereocenters. The third-order valence-electron chi connectivity index (χ3n) is 2.33. The molecule has 1 aliphatic rings. The first-order chi connectivity index (χ1) is 8.16. The molecule has 1 aromatic heterocycles. The number of nitrogens with zero attached hydrogens (tertiary/aromatic N) is 1. The van der Waals surface area contributed by atoms with Crippen molar-refractivity contribution in [1.82, 2.24) is 4.98 Å². The Bertz CT molecular complexity index is 388. The Balaban J connectivity index is 1.92. The zero-order valence-corrected chi connectivity index (χ0v) is 10.3. The lowest BCUT2D eigenvalue weighted by Crippen LogP contribution is -2.39. The average Bonchev–Trinajstić information content (AvgIpc) is 2.79. The van der Waals surface area contributed by atoms with Gasteiger partial charge in [0, 0.05) is 11.4 Å². The van der Waals surface area contributed by atoms with Gasteiger partial charge in [0.1, 0.15) is 0 Å². The van der Waals surface area contributed by atoms with E-state index in [1.165, 1.54) is 11.3 Å². The Kier molecular flexibility index (Phi) is 4.06. The number of aromatic nitrogens is 1. The largest absolute Gasteiger partial charge is 0.376 e. The first-order valence-electron chi connectivity index (χ1n) is 5.38. The smallest absolute Gasteiger partial charge is 0.257 e. The van der Waals surface area contributed by atoms with Gasteiger partial charge in [-0.1, -0.05) is 0 Å². The zero-order valence-electron chi connectivity index (χ0n) is 9.51. The van der Waals surface area contributed by atoms with Crippen LogP contribution in [0.4, 0.5) is 5.13 Å². The Hall–Kier alpha value is -1.02. The standard InChI is InChI=1S/C10H15N3O3S/c1-6(11)7-5-17-10(12-7)13-9(14)8-4-15-2-3-16-8/h5-6,8H,2-4,11H2,1H3,(H,12,13,14). The van der Waals surface area contributed by atoms with Crippen molar-refractivity contribution in [3.8, 4) is 0 Å². The SMILES string of the molecule is CC(N)c1csc(NC(=O)C2COCCO2)n1. The highest BCUT2D eigenvalue weighted by Gasteiger charge is 2.23. The van der Waals surface area contributed by atoms with E-state index in [4.69, 9.17) is 15.2 Å². The second-order valence-electron chi connectivity index (χ2n) is 3.79. The Morgan fingerprint density at radius 3 is 3.12 bits per heavy atom. The second-order valence-corrected chi connectivity index (χ2v) is 4.65. The number of carbonyl (C=O) groups excluding carboxylic acids is 1. The van der Waals surface area contributed by atoms with E-state index in [1.54, 1.807) is 0 Å². The predicted molar refractivity (Wildman–Crippen MR) is 63.9 cm³/mol. The van der Waals surface area contributed by atoms with Gasteiger partial charge in [0.2, 0.25) is 0 Å². The van der Waals surface area contributed by atoms with Crippen molar-refractivity contribution in [2.24, 2.45) is 5.73 Å². The minimum atomic E-state index is -0.550. The molecule has 7 heteroatoms. The molecule has 1 aromatic rings. The molecule has 94 valence electrons. The third kappa shape index (κ3) is 3.22. The van der Waals surface area contributed by atoms with Gasteiger partial charge >= 0.3 is 0 Å². The molecule has 2 atom stereocenters. The number of nitrogens with one attached hydrogen (secondary N) is 1. The van der Waals surface area contributed by atoms with Gasteiger partial charge in [-0.2, -0.15) is 0 Å². The summed E-state index contributed by atoms with van der Waals surface area (Å²) in [5.41, 5.74) is 6.46. The van der Waals surface area contributed by atoms with Crippen LogP contribution in [-0.2, 0) is 14.3 Å². The lowest BCUT2D eigenvalue weighted by molar-refractivity contribution is -0.142. The van der Waals surface area contributed by atoms with Crippen molar-refractivity contribution < 1.29 is 14.3 Å². The molecule has 1 fully saturated rings. The Morgan fingerprint density at radius 1 is 1.71 bits per heavy atom. The molecule has 1 aliphatic heterocycles. The monoisotopic (exact) mass is 257 g/mol. The van der Waals surface area contributed by atoms with E-state index in [2.05, 4.69) is 10.3 Å². The molecule has 2 heterocycles. The van der Waals surface area contributed by atoms with Crippen LogP contribution in [0.15, 0.2) is 5.38 Å². The number of rotatable bonds is 3. The highest BCUT2D eigenvalue weighted by Crippen LogP contribution is 2.19. The number of thiazole rings is 1. The summed E-state index contributed by atoms with van der Waals surface area (Å²) >= 11 is 1.35. The first-order valence-corrected chi connectivity index (χ1v) is 6.26. The molecule has 0 aromatic carbocycles. The molecular weight excluding hydrogens is 242 g/mol. The molecule has 2 rings (SSSR count). The van der Waals surface area contributed by atoms with Crippen LogP contribution in [0.2, 0.25) is 0 Å². The Morgan fingerprint density at radius 2 is 2.53 bits per heavy atom. The maximum Gasteiger partial charge on any atom is 0.257 e. The van der Waals surface area contributed by atoms with Crippen LogP contribution >= 0.6 is 11.3 Å². The topological polar surface area (TPSA) is 86.5 Å². The molecule has 17 heavy (non-hydrogen) atoms. The van der Waals surface area contributed by atoms with Gasteiger partial charge in [0.05, 0.1) is 25.5 Å². The quantitative estimate of drug-likeness (QED) is 0.824. The van der Waals surface area contributed by atoms with E-state index in [1.807, 2.05) is 12.3 Å². The van der Waals surface area contributed by atoms with E-state index < -0.39 is 6.10 Å². The van der Waals surface area contributed by atoms with Crippen molar-refractivity contribution in [2.75, 3.05) is 25.1 Å². The summed E-state index contributed by atoms with van der Waals surface area (Å²) in [6.07, 6.45) is -0.550. The molecule has 0 aliphatic carbocycles. The van der Waals surface area contributed by atoms with E-state index in [0.717, 1.165) is 5.69 Å². The highest BCUT2D eigenvalue weighted by atomic mass is 32.1. The summed E-state index contributed by atoms with van der Waals surface area (Å²) in [4.78, 5) is 16.0. The number of nitrogens with two attached hydrogens (primary N) is 1. The van der Waals surface area contributed by atoms with E-state index in [-0.39, 0.29) is 18.6 Å². The summed E-state index contributed by atoms with van der Waals surface area (Å²) in [6.45, 7) is 3.12. The van der Waals surface area contributed by atoms with Crippen LogP contribution in [-0.4, -0.2) is 36.8 Å². The summed E-state index contributed by atoms with van der Waals surface area (Å²) < 4.78 is 10.4. The summed E-state index contributed by atoms with van der Waals surface area (Å²) in [5, 5.41) is 5.07. The number of hydrogen-bond acceptors (Lipinski definition) is 6. The van der Waals surface area contributed by atoms with Crippen molar-refractivity contribution in [2.45, 2.75) is 19.1 Å². The lowest BCUT2D eigenvalue weighted by atomic mass is 10.3. The maximum absolute atomic E-state index is 11.8. The molecule has 1 amide bonds. The summed E-state index contributed by atoms with van der Waals surface area (Å²) in [6, 6.07) is -0.133. The van der Waals surface area contributed by atoms with Gasteiger partial charge < -0.3 is 15.2 Å². The van der Waals surface area contributed by atoms with Crippen molar-refractivity contribution in [3.05, 3.63) is 11.1 Å². The van der Waals surface area contributed by atoms with Crippen LogP contribution in [0.1, 0.15) is 18.7 Å². The summed E-state index contributed by atoms with van der Waals surface area (Å²) in [5.74, 6) is -0.227. The fourth-order valence-electron chi connectivity index (χ4n) is 1.38. The van der Waals surface area contributed by atoms with Gasteiger partial charge in [0.15, 0.2) is 11.2 Å². The molecular formula is C10H15N3O3S. The van der Waals surface area contributed by atoms with Gasteiger partial charge in [0.25, 0.3) is 5.91 Å². The molecule has 0 radical (unpaired) electrons. The Labute approximate surface area is 103 Å². The molecule has 0 saturated carbocycles. The number of carbonyl (C=O) groups is 1. The van der Waals surface area contributed by atoms with Crippen LogP contribution in [0.25, 0.3) is 0 Å². The minimum absolute atomic E-state index is 0.133. The van der Waals surface area contributed by atoms with Gasteiger partial charge in [-0.3, -0.25) is 10.1 Å². The zero-order chi connectivity index (χ0) is 12.3. The van der Waals surface area contributed by atoms with Crippen LogP contribution < -0.4 is 11.1 Å². The number of anilines is 1. The van der Waals surface area contributed by atoms with E-state index >= 15 is 0 Å². The predicted octanol–water partition coefficient (Wildman–Crippen LogP) is 0.517. The van der Waals surface area contributed by atoms with Gasteiger partial charge in [-0.15, -0.1) is 11.3 Å². The third-order valence-corrected chi connectivity index (χ3v) is 3.10. The molecule has 0 spiro atoms. The van der Waals surface area contributed by atoms with E-state index in [9.17, 15) is 4.79 Å². The lowest BCUT2D eigenvalue weighted by Gasteiger charge is -2.21. The highest BCUT2D eigenvalue weighted by molar-refractivity contribution is 7.13. The van der Waals surface area contributed by atoms with Crippen LogP contribution in [0.5, 0.6) is 0 Å². The maximum atomic E-state index is 11.8. The summed E-state index contributed by atoms with van der Waals surface area (Å²) in [7, 11) is 0.